The molecule has 0 aliphatic heterocycles. The van der Waals surface area contributed by atoms with Gasteiger partial charge in [0.1, 0.15) is 0 Å². The molecule has 0 heterocycles. The maximum atomic E-state index is 12.4. The van der Waals surface area contributed by atoms with Crippen LogP contribution >= 0.6 is 0 Å². The highest BCUT2D eigenvalue weighted by Crippen LogP contribution is 2.17. The van der Waals surface area contributed by atoms with Crippen molar-refractivity contribution in [2.75, 3.05) is 13.2 Å². The van der Waals surface area contributed by atoms with Crippen LogP contribution in [0.5, 0.6) is 0 Å². The van der Waals surface area contributed by atoms with Gasteiger partial charge in [0.2, 0.25) is 5.91 Å². The molecule has 0 saturated heterocycles. The van der Waals surface area contributed by atoms with E-state index in [9.17, 15) is 19.8 Å². The molecule has 0 radical (unpaired) electrons. The summed E-state index contributed by atoms with van der Waals surface area (Å²) in [6.45, 7) is 4.89. The van der Waals surface area contributed by atoms with Gasteiger partial charge in [-0.25, -0.2) is 0 Å². The number of carbonyl (C=O) groups is 2. The molecule has 66 heavy (non-hydrogen) atoms. The number of nitrogens with one attached hydrogen (secondary N) is 1. The van der Waals surface area contributed by atoms with Crippen molar-refractivity contribution < 1.29 is 24.5 Å². The quantitative estimate of drug-likeness (QED) is 0.0321. The first kappa shape index (κ1) is 64.3. The van der Waals surface area contributed by atoms with Crippen LogP contribution in [0.3, 0.4) is 0 Å². The Hall–Kier alpha value is -1.66. The van der Waals surface area contributed by atoms with Gasteiger partial charge in [0, 0.05) is 12.8 Å². The number of aliphatic hydroxyl groups excluding tert-OH is 2. The molecule has 0 aromatic heterocycles. The van der Waals surface area contributed by atoms with E-state index in [2.05, 4.69) is 31.3 Å². The van der Waals surface area contributed by atoms with E-state index in [1.165, 1.54) is 250 Å². The van der Waals surface area contributed by atoms with Crippen molar-refractivity contribution in [3.05, 3.63) is 24.3 Å². The van der Waals surface area contributed by atoms with Crippen LogP contribution < -0.4 is 5.32 Å². The average Bonchev–Trinajstić information content (AvgIpc) is 3.32. The minimum Gasteiger partial charge on any atom is -0.466 e. The fraction of sp³-hybridized carbons (Fsp3) is 0.900. The molecule has 6 nitrogen and oxygen atoms in total. The third-order valence-electron chi connectivity index (χ3n) is 13.7. The number of rotatable bonds is 55. The predicted molar refractivity (Wildman–Crippen MR) is 287 cm³/mol. The first-order valence-corrected chi connectivity index (χ1v) is 29.6. The summed E-state index contributed by atoms with van der Waals surface area (Å²) in [4.78, 5) is 24.5. The van der Waals surface area contributed by atoms with Crippen LogP contribution in [0.25, 0.3) is 0 Å². The standard InChI is InChI=1S/C60H115NO5/c1-3-5-7-9-11-13-15-16-17-18-21-25-28-31-34-38-42-46-50-54-60(65)66-55-51-47-43-39-35-32-29-26-23-20-19-22-24-27-30-33-37-41-45-49-53-59(64)61-57(56-62)58(63)52-48-44-40-36-14-12-10-8-6-4-2/h19,22,48,52,57-58,62-63H,3-18,20-21,23-47,49-51,53-56H2,1-2H3,(H,61,64)/b22-19-,52-48+. The number of hydrogen-bond donors (Lipinski definition) is 3. The summed E-state index contributed by atoms with van der Waals surface area (Å²) < 4.78 is 5.49. The van der Waals surface area contributed by atoms with Gasteiger partial charge in [0.05, 0.1) is 25.4 Å². The van der Waals surface area contributed by atoms with Gasteiger partial charge in [0.15, 0.2) is 0 Å². The highest BCUT2D eigenvalue weighted by atomic mass is 16.5. The van der Waals surface area contributed by atoms with E-state index in [-0.39, 0.29) is 18.5 Å². The molecule has 3 N–H and O–H groups in total. The molecule has 0 fully saturated rings. The Morgan fingerprint density at radius 3 is 1.08 bits per heavy atom. The molecule has 0 aliphatic carbocycles. The maximum absolute atomic E-state index is 12.4. The second-order valence-corrected chi connectivity index (χ2v) is 20.3. The minimum absolute atomic E-state index is 0.0102. The smallest absolute Gasteiger partial charge is 0.305 e. The molecular weight excluding hydrogens is 815 g/mol. The third kappa shape index (κ3) is 51.7. The first-order chi connectivity index (χ1) is 32.5. The van der Waals surface area contributed by atoms with Gasteiger partial charge in [-0.2, -0.15) is 0 Å². The topological polar surface area (TPSA) is 95.9 Å². The molecule has 0 rings (SSSR count). The summed E-state index contributed by atoms with van der Waals surface area (Å²) in [5.74, 6) is -0.0678. The summed E-state index contributed by atoms with van der Waals surface area (Å²) in [5, 5.41) is 23.0. The molecular formula is C60H115NO5. The van der Waals surface area contributed by atoms with Gasteiger partial charge in [-0.3, -0.25) is 9.59 Å². The molecule has 0 aromatic rings. The van der Waals surface area contributed by atoms with Crippen molar-refractivity contribution in [3.8, 4) is 0 Å². The average molecular weight is 931 g/mol. The molecule has 1 amide bonds. The second kappa shape index (κ2) is 55.9. The minimum atomic E-state index is -0.848. The van der Waals surface area contributed by atoms with Gasteiger partial charge >= 0.3 is 5.97 Å². The van der Waals surface area contributed by atoms with Crippen molar-refractivity contribution in [1.29, 1.82) is 0 Å². The van der Waals surface area contributed by atoms with E-state index in [1.807, 2.05) is 6.08 Å². The van der Waals surface area contributed by atoms with E-state index < -0.39 is 12.1 Å². The van der Waals surface area contributed by atoms with Crippen molar-refractivity contribution in [2.24, 2.45) is 0 Å². The number of allylic oxidation sites excluding steroid dienone is 3. The number of ether oxygens (including phenoxy) is 1. The van der Waals surface area contributed by atoms with Crippen LogP contribution in [-0.2, 0) is 14.3 Å². The summed E-state index contributed by atoms with van der Waals surface area (Å²) in [6.07, 6.45) is 67.9. The van der Waals surface area contributed by atoms with Crippen LogP contribution in [0.1, 0.15) is 322 Å². The Bertz CT molecular complexity index is 1030. The molecule has 0 saturated carbocycles. The summed E-state index contributed by atoms with van der Waals surface area (Å²) >= 11 is 0. The molecule has 6 heteroatoms. The predicted octanol–water partition coefficient (Wildman–Crippen LogP) is 18.2. The van der Waals surface area contributed by atoms with E-state index in [1.54, 1.807) is 6.08 Å². The van der Waals surface area contributed by atoms with Crippen molar-refractivity contribution in [1.82, 2.24) is 5.32 Å². The molecule has 0 bridgehead atoms. The van der Waals surface area contributed by atoms with Crippen LogP contribution in [-0.4, -0.2) is 47.4 Å². The van der Waals surface area contributed by atoms with Gasteiger partial charge in [-0.1, -0.05) is 276 Å². The first-order valence-electron chi connectivity index (χ1n) is 29.6. The lowest BCUT2D eigenvalue weighted by molar-refractivity contribution is -0.143. The van der Waals surface area contributed by atoms with E-state index in [4.69, 9.17) is 4.74 Å². The summed E-state index contributed by atoms with van der Waals surface area (Å²) in [7, 11) is 0. The van der Waals surface area contributed by atoms with Crippen LogP contribution in [0.4, 0.5) is 0 Å². The van der Waals surface area contributed by atoms with Gasteiger partial charge in [0.25, 0.3) is 0 Å². The number of hydrogen-bond acceptors (Lipinski definition) is 5. The monoisotopic (exact) mass is 930 g/mol. The number of aliphatic hydroxyl groups is 2. The Balaban J connectivity index is 3.39. The van der Waals surface area contributed by atoms with Crippen molar-refractivity contribution in [2.45, 2.75) is 334 Å². The Morgan fingerprint density at radius 1 is 0.409 bits per heavy atom. The maximum Gasteiger partial charge on any atom is 0.305 e. The molecule has 0 aliphatic rings. The van der Waals surface area contributed by atoms with Gasteiger partial charge in [-0.15, -0.1) is 0 Å². The molecule has 2 atom stereocenters. The van der Waals surface area contributed by atoms with Gasteiger partial charge < -0.3 is 20.3 Å². The molecule has 0 aromatic carbocycles. The fourth-order valence-electron chi connectivity index (χ4n) is 9.16. The van der Waals surface area contributed by atoms with Crippen LogP contribution in [0.2, 0.25) is 0 Å². The Kier molecular flexibility index (Phi) is 54.5. The number of carbonyl (C=O) groups excluding carboxylic acids is 2. The Morgan fingerprint density at radius 2 is 0.712 bits per heavy atom. The zero-order valence-corrected chi connectivity index (χ0v) is 44.4. The van der Waals surface area contributed by atoms with E-state index >= 15 is 0 Å². The van der Waals surface area contributed by atoms with Crippen LogP contribution in [0, 0.1) is 0 Å². The second-order valence-electron chi connectivity index (χ2n) is 20.3. The molecule has 0 spiro atoms. The largest absolute Gasteiger partial charge is 0.466 e. The third-order valence-corrected chi connectivity index (χ3v) is 13.7. The Labute approximate surface area is 411 Å². The van der Waals surface area contributed by atoms with Crippen LogP contribution in [0.15, 0.2) is 24.3 Å². The zero-order chi connectivity index (χ0) is 47.9. The number of unbranched alkanes of at least 4 members (excludes halogenated alkanes) is 42. The number of esters is 1. The highest BCUT2D eigenvalue weighted by molar-refractivity contribution is 5.76. The molecule has 2 unspecified atom stereocenters. The lowest BCUT2D eigenvalue weighted by atomic mass is 10.0. The highest BCUT2D eigenvalue weighted by Gasteiger charge is 2.18. The zero-order valence-electron chi connectivity index (χ0n) is 44.4. The van der Waals surface area contributed by atoms with Crippen molar-refractivity contribution >= 4 is 11.9 Å². The normalized spacial score (nSPS) is 12.7. The molecule has 390 valence electrons. The lowest BCUT2D eigenvalue weighted by Gasteiger charge is -2.20. The van der Waals surface area contributed by atoms with E-state index in [0.29, 0.717) is 19.4 Å². The van der Waals surface area contributed by atoms with Crippen molar-refractivity contribution in [3.63, 3.8) is 0 Å². The summed E-state index contributed by atoms with van der Waals surface area (Å²) in [5.41, 5.74) is 0. The van der Waals surface area contributed by atoms with E-state index in [0.717, 1.165) is 44.9 Å². The SMILES string of the molecule is CCCCCCCCCC/C=C/C(O)C(CO)NC(=O)CCCCCCCCC/C=C\CCCCCCCCCCCOC(=O)CCCCCCCCCCCCCCCCCCCCC. The fourth-order valence-corrected chi connectivity index (χ4v) is 9.16. The lowest BCUT2D eigenvalue weighted by Crippen LogP contribution is -2.45. The number of amides is 1. The van der Waals surface area contributed by atoms with Gasteiger partial charge in [-0.05, 0) is 57.8 Å². The summed E-state index contributed by atoms with van der Waals surface area (Å²) in [6, 6.07) is -0.632.